The van der Waals surface area contributed by atoms with Crippen LogP contribution in [-0.2, 0) is 9.47 Å². The molecule has 1 rings (SSSR count). The Bertz CT molecular complexity index is 334. The van der Waals surface area contributed by atoms with Crippen LogP contribution in [0.1, 0.15) is 0 Å². The fourth-order valence-electron chi connectivity index (χ4n) is 1.29. The molecule has 96 valence electrons. The molecule has 0 heterocycles. The Hall–Kier alpha value is -1.33. The maximum Gasteiger partial charge on any atom is 0.167 e. The van der Waals surface area contributed by atoms with Crippen LogP contribution in [0.25, 0.3) is 0 Å². The fourth-order valence-corrected chi connectivity index (χ4v) is 1.29. The molecule has 5 heteroatoms. The van der Waals surface area contributed by atoms with Crippen molar-refractivity contribution in [1.82, 2.24) is 0 Å². The Morgan fingerprint density at radius 1 is 1.18 bits per heavy atom. The number of benzene rings is 1. The van der Waals surface area contributed by atoms with Crippen molar-refractivity contribution >= 4 is 5.69 Å². The maximum atomic E-state index is 13.3. The zero-order chi connectivity index (χ0) is 12.5. The first kappa shape index (κ1) is 13.7. The predicted octanol–water partition coefficient (Wildman–Crippen LogP) is 1.91. The summed E-state index contributed by atoms with van der Waals surface area (Å²) in [5.74, 6) is -0.135. The number of nitrogens with one attached hydrogen (secondary N) is 1. The third-order valence-electron chi connectivity index (χ3n) is 2.16. The summed E-state index contributed by atoms with van der Waals surface area (Å²) in [6.45, 7) is 2.32. The van der Waals surface area contributed by atoms with Gasteiger partial charge in [-0.05, 0) is 12.1 Å². The Labute approximate surface area is 101 Å². The summed E-state index contributed by atoms with van der Waals surface area (Å²) < 4.78 is 28.2. The third kappa shape index (κ3) is 5.01. The second-order valence-electron chi connectivity index (χ2n) is 3.38. The van der Waals surface area contributed by atoms with E-state index in [4.69, 9.17) is 14.2 Å². The highest BCUT2D eigenvalue weighted by atomic mass is 19.1. The number of rotatable bonds is 8. The Balaban J connectivity index is 2.25. The highest BCUT2D eigenvalue weighted by Gasteiger charge is 2.02. The fraction of sp³-hybridized carbons (Fsp3) is 0.500. The van der Waals surface area contributed by atoms with Crippen molar-refractivity contribution in [2.75, 3.05) is 45.9 Å². The summed E-state index contributed by atoms with van der Waals surface area (Å²) in [6, 6.07) is 4.74. The SMILES string of the molecule is COCCOCCNc1ccc(OC)c(F)c1. The molecule has 0 amide bonds. The number of ether oxygens (including phenoxy) is 3. The standard InChI is InChI=1S/C12H18FNO3/c1-15-7-8-17-6-5-14-10-3-4-12(16-2)11(13)9-10/h3-4,9,14H,5-8H2,1-2H3. The minimum Gasteiger partial charge on any atom is -0.494 e. The van der Waals surface area contributed by atoms with Crippen LogP contribution in [0.4, 0.5) is 10.1 Å². The highest BCUT2D eigenvalue weighted by molar-refractivity contribution is 5.47. The molecule has 4 nitrogen and oxygen atoms in total. The molecular formula is C12H18FNO3. The van der Waals surface area contributed by atoms with Crippen molar-refractivity contribution in [3.05, 3.63) is 24.0 Å². The summed E-state index contributed by atoms with van der Waals surface area (Å²) in [5.41, 5.74) is 0.707. The van der Waals surface area contributed by atoms with Gasteiger partial charge in [0.2, 0.25) is 0 Å². The van der Waals surface area contributed by atoms with E-state index in [2.05, 4.69) is 5.32 Å². The Morgan fingerprint density at radius 2 is 2.00 bits per heavy atom. The van der Waals surface area contributed by atoms with Gasteiger partial charge in [-0.3, -0.25) is 0 Å². The zero-order valence-electron chi connectivity index (χ0n) is 10.2. The molecule has 1 N–H and O–H groups in total. The van der Waals surface area contributed by atoms with Crippen LogP contribution in [0.5, 0.6) is 5.75 Å². The molecule has 0 saturated carbocycles. The van der Waals surface area contributed by atoms with Crippen LogP contribution < -0.4 is 10.1 Å². The molecule has 0 aliphatic carbocycles. The van der Waals surface area contributed by atoms with E-state index >= 15 is 0 Å². The monoisotopic (exact) mass is 243 g/mol. The van der Waals surface area contributed by atoms with Crippen molar-refractivity contribution < 1.29 is 18.6 Å². The summed E-state index contributed by atoms with van der Waals surface area (Å²) in [5, 5.41) is 3.05. The molecule has 0 bridgehead atoms. The minimum absolute atomic E-state index is 0.242. The first-order chi connectivity index (χ1) is 8.27. The summed E-state index contributed by atoms with van der Waals surface area (Å²) >= 11 is 0. The topological polar surface area (TPSA) is 39.7 Å². The lowest BCUT2D eigenvalue weighted by Gasteiger charge is -2.08. The summed E-state index contributed by atoms with van der Waals surface area (Å²) in [4.78, 5) is 0. The second-order valence-corrected chi connectivity index (χ2v) is 3.38. The number of anilines is 1. The lowest BCUT2D eigenvalue weighted by molar-refractivity contribution is 0.0759. The van der Waals surface area contributed by atoms with Crippen molar-refractivity contribution in [1.29, 1.82) is 0 Å². The van der Waals surface area contributed by atoms with Gasteiger partial charge >= 0.3 is 0 Å². The third-order valence-corrected chi connectivity index (χ3v) is 2.16. The van der Waals surface area contributed by atoms with E-state index in [0.29, 0.717) is 32.1 Å². The smallest absolute Gasteiger partial charge is 0.167 e. The second kappa shape index (κ2) is 7.86. The Kier molecular flexibility index (Phi) is 6.35. The quantitative estimate of drug-likeness (QED) is 0.708. The van der Waals surface area contributed by atoms with Gasteiger partial charge in [-0.2, -0.15) is 0 Å². The van der Waals surface area contributed by atoms with Crippen LogP contribution in [0, 0.1) is 5.82 Å². The van der Waals surface area contributed by atoms with Crippen LogP contribution in [0.3, 0.4) is 0 Å². The van der Waals surface area contributed by atoms with E-state index in [1.807, 2.05) is 0 Å². The maximum absolute atomic E-state index is 13.3. The molecule has 0 radical (unpaired) electrons. The molecule has 0 atom stereocenters. The van der Waals surface area contributed by atoms with Crippen molar-refractivity contribution in [3.8, 4) is 5.75 Å². The molecule has 1 aromatic rings. The predicted molar refractivity (Wildman–Crippen MR) is 64.1 cm³/mol. The van der Waals surface area contributed by atoms with Gasteiger partial charge in [0.25, 0.3) is 0 Å². The normalized spacial score (nSPS) is 10.3. The molecule has 0 spiro atoms. The van der Waals surface area contributed by atoms with E-state index in [1.165, 1.54) is 13.2 Å². The molecule has 0 aliphatic heterocycles. The first-order valence-electron chi connectivity index (χ1n) is 5.42. The lowest BCUT2D eigenvalue weighted by Crippen LogP contribution is -2.12. The largest absolute Gasteiger partial charge is 0.494 e. The lowest BCUT2D eigenvalue weighted by atomic mass is 10.3. The molecule has 0 aliphatic rings. The van der Waals surface area contributed by atoms with Gasteiger partial charge < -0.3 is 19.5 Å². The van der Waals surface area contributed by atoms with Gasteiger partial charge in [0.1, 0.15) is 0 Å². The molecule has 0 unspecified atom stereocenters. The number of methoxy groups -OCH3 is 2. The van der Waals surface area contributed by atoms with E-state index in [0.717, 1.165) is 0 Å². The minimum atomic E-state index is -0.377. The van der Waals surface area contributed by atoms with Gasteiger partial charge in [0, 0.05) is 25.4 Å². The summed E-state index contributed by atoms with van der Waals surface area (Å²) in [7, 11) is 3.07. The van der Waals surface area contributed by atoms with Crippen molar-refractivity contribution in [3.63, 3.8) is 0 Å². The van der Waals surface area contributed by atoms with Gasteiger partial charge in [-0.1, -0.05) is 0 Å². The average molecular weight is 243 g/mol. The van der Waals surface area contributed by atoms with E-state index in [9.17, 15) is 4.39 Å². The van der Waals surface area contributed by atoms with Crippen molar-refractivity contribution in [2.24, 2.45) is 0 Å². The molecule has 17 heavy (non-hydrogen) atoms. The summed E-state index contributed by atoms with van der Waals surface area (Å²) in [6.07, 6.45) is 0. The molecular weight excluding hydrogens is 225 g/mol. The van der Waals surface area contributed by atoms with E-state index in [-0.39, 0.29) is 11.6 Å². The van der Waals surface area contributed by atoms with Gasteiger partial charge in [-0.25, -0.2) is 4.39 Å². The van der Waals surface area contributed by atoms with Crippen LogP contribution in [-0.4, -0.2) is 40.6 Å². The number of halogens is 1. The number of hydrogen-bond donors (Lipinski definition) is 1. The molecule has 1 aromatic carbocycles. The van der Waals surface area contributed by atoms with Crippen LogP contribution in [0.2, 0.25) is 0 Å². The van der Waals surface area contributed by atoms with Crippen LogP contribution >= 0.6 is 0 Å². The molecule has 0 fully saturated rings. The molecule has 0 aromatic heterocycles. The Morgan fingerprint density at radius 3 is 2.65 bits per heavy atom. The van der Waals surface area contributed by atoms with Gasteiger partial charge in [-0.15, -0.1) is 0 Å². The highest BCUT2D eigenvalue weighted by Crippen LogP contribution is 2.20. The first-order valence-corrected chi connectivity index (χ1v) is 5.42. The van der Waals surface area contributed by atoms with E-state index in [1.54, 1.807) is 19.2 Å². The van der Waals surface area contributed by atoms with Gasteiger partial charge in [0.05, 0.1) is 26.9 Å². The average Bonchev–Trinajstić information content (AvgIpc) is 2.34. The van der Waals surface area contributed by atoms with Crippen molar-refractivity contribution in [2.45, 2.75) is 0 Å². The molecule has 0 saturated heterocycles. The zero-order valence-corrected chi connectivity index (χ0v) is 10.2. The van der Waals surface area contributed by atoms with Crippen LogP contribution in [0.15, 0.2) is 18.2 Å². The van der Waals surface area contributed by atoms with Gasteiger partial charge in [0.15, 0.2) is 11.6 Å². The van der Waals surface area contributed by atoms with E-state index < -0.39 is 0 Å². The number of hydrogen-bond acceptors (Lipinski definition) is 4.